The lowest BCUT2D eigenvalue weighted by atomic mass is 9.43. The Morgan fingerprint density at radius 2 is 1.94 bits per heavy atom. The molecular formula is C29H43FO6. The number of halogens is 1. The zero-order chi connectivity index (χ0) is 26.3. The van der Waals surface area contributed by atoms with Crippen LogP contribution in [0, 0.1) is 34.5 Å². The van der Waals surface area contributed by atoms with Gasteiger partial charge < -0.3 is 19.7 Å². The largest absolute Gasteiger partial charge is 0.390 e. The molecule has 0 bridgehead atoms. The summed E-state index contributed by atoms with van der Waals surface area (Å²) in [5.74, 6) is -3.36. The van der Waals surface area contributed by atoms with E-state index in [-0.39, 0.29) is 48.8 Å². The van der Waals surface area contributed by atoms with Gasteiger partial charge in [-0.2, -0.15) is 0 Å². The summed E-state index contributed by atoms with van der Waals surface area (Å²) >= 11 is 0. The summed E-state index contributed by atoms with van der Waals surface area (Å²) in [5.41, 5.74) is -4.18. The summed E-state index contributed by atoms with van der Waals surface area (Å²) in [5, 5.41) is 23.2. The van der Waals surface area contributed by atoms with Crippen LogP contribution in [0.25, 0.3) is 0 Å². The summed E-state index contributed by atoms with van der Waals surface area (Å²) in [4.78, 5) is 25.9. The number of aliphatic hydroxyl groups is 2. The topological polar surface area (TPSA) is 93.1 Å². The van der Waals surface area contributed by atoms with E-state index < -0.39 is 40.1 Å². The van der Waals surface area contributed by atoms with Crippen molar-refractivity contribution < 1.29 is 33.7 Å². The Morgan fingerprint density at radius 3 is 2.64 bits per heavy atom. The number of alkyl halides is 1. The van der Waals surface area contributed by atoms with Crippen LogP contribution in [-0.2, 0) is 19.1 Å². The zero-order valence-corrected chi connectivity index (χ0v) is 22.4. The standard InChI is InChI=1S/C29H43FO6/c1-6-7-8-17(2)29(34)35-16-24(33)28(36-29)18(3)13-22-21-10-9-19-14-20(31)11-12-25(19,4)27(21,30)23(32)15-26(22,28)5/h14,17-18,21-23,32,34H,6-13,15-16H2,1-5H3/t17?,18-,21+,22+,23+,25+,26+,27+,28+,29?/m1/s1. The molecule has 4 aliphatic carbocycles. The SMILES string of the molecule is CCCCC(C)C1(O)OCC(=O)[C@@]2(O1)[C@H](C)C[C@H]1[C@@H]3CCC4=CC(=O)CC[C@]4(C)[C@@]3(F)[C@@H](O)C[C@@]12C. The average Bonchev–Trinajstić information content (AvgIpc) is 3.03. The number of carbonyl (C=O) groups is 2. The van der Waals surface area contributed by atoms with Crippen LogP contribution in [-0.4, -0.2) is 51.7 Å². The summed E-state index contributed by atoms with van der Waals surface area (Å²) < 4.78 is 29.6. The quantitative estimate of drug-likeness (QED) is 0.576. The second kappa shape index (κ2) is 8.42. The maximum absolute atomic E-state index is 17.5. The van der Waals surface area contributed by atoms with Gasteiger partial charge in [-0.3, -0.25) is 9.59 Å². The van der Waals surface area contributed by atoms with E-state index >= 15 is 4.39 Å². The van der Waals surface area contributed by atoms with Crippen LogP contribution in [0.2, 0.25) is 0 Å². The molecule has 3 saturated carbocycles. The molecule has 6 nitrogen and oxygen atoms in total. The van der Waals surface area contributed by atoms with E-state index in [9.17, 15) is 19.8 Å². The number of fused-ring (bicyclic) bond motifs is 6. The Balaban J connectivity index is 1.56. The van der Waals surface area contributed by atoms with Crippen LogP contribution in [0.5, 0.6) is 0 Å². The highest BCUT2D eigenvalue weighted by Gasteiger charge is 2.78. The minimum atomic E-state index is -1.90. The Morgan fingerprint density at radius 1 is 1.22 bits per heavy atom. The fourth-order valence-corrected chi connectivity index (χ4v) is 9.23. The highest BCUT2D eigenvalue weighted by molar-refractivity contribution is 5.92. The lowest BCUT2D eigenvalue weighted by Gasteiger charge is -2.64. The Kier molecular flexibility index (Phi) is 6.19. The van der Waals surface area contributed by atoms with Gasteiger partial charge in [0.15, 0.2) is 11.6 Å². The van der Waals surface area contributed by atoms with Gasteiger partial charge in [-0.05, 0) is 56.4 Å². The third-order valence-electron chi connectivity index (χ3n) is 11.3. The second-order valence-corrected chi connectivity index (χ2v) is 13.0. The molecule has 1 aliphatic heterocycles. The first-order valence-corrected chi connectivity index (χ1v) is 14.0. The number of carbonyl (C=O) groups excluding carboxylic acids is 2. The Labute approximate surface area is 214 Å². The van der Waals surface area contributed by atoms with E-state index in [1.807, 2.05) is 27.7 Å². The molecule has 7 heteroatoms. The lowest BCUT2D eigenvalue weighted by molar-refractivity contribution is -0.440. The van der Waals surface area contributed by atoms with Crippen LogP contribution in [0.3, 0.4) is 0 Å². The monoisotopic (exact) mass is 506 g/mol. The number of hydrogen-bond donors (Lipinski definition) is 2. The van der Waals surface area contributed by atoms with Crippen molar-refractivity contribution in [3.8, 4) is 0 Å². The Bertz CT molecular complexity index is 981. The number of unbranched alkanes of at least 4 members (excludes halogenated alkanes) is 1. The van der Waals surface area contributed by atoms with Crippen LogP contribution >= 0.6 is 0 Å². The van der Waals surface area contributed by atoms with Gasteiger partial charge in [0.25, 0.3) is 5.97 Å². The maximum Gasteiger partial charge on any atom is 0.284 e. The molecule has 0 radical (unpaired) electrons. The van der Waals surface area contributed by atoms with Gasteiger partial charge in [0.2, 0.25) is 0 Å². The van der Waals surface area contributed by atoms with E-state index in [2.05, 4.69) is 6.92 Å². The highest BCUT2D eigenvalue weighted by Crippen LogP contribution is 2.72. The molecule has 0 aromatic heterocycles. The van der Waals surface area contributed by atoms with Crippen molar-refractivity contribution in [2.75, 3.05) is 6.61 Å². The van der Waals surface area contributed by atoms with E-state index in [4.69, 9.17) is 9.47 Å². The molecule has 202 valence electrons. The van der Waals surface area contributed by atoms with Crippen molar-refractivity contribution in [3.63, 3.8) is 0 Å². The van der Waals surface area contributed by atoms with Gasteiger partial charge >= 0.3 is 0 Å². The molecule has 0 aromatic carbocycles. The Hall–Kier alpha value is -1.15. The van der Waals surface area contributed by atoms with Crippen molar-refractivity contribution in [2.24, 2.45) is 34.5 Å². The molecule has 5 rings (SSSR count). The van der Waals surface area contributed by atoms with Crippen molar-refractivity contribution >= 4 is 11.6 Å². The van der Waals surface area contributed by atoms with E-state index in [0.29, 0.717) is 32.1 Å². The fourth-order valence-electron chi connectivity index (χ4n) is 9.23. The number of Topliss-reactive ketones (excluding diaryl/α,β-unsaturated/α-hetero) is 1. The van der Waals surface area contributed by atoms with Gasteiger partial charge in [0.05, 0.1) is 6.10 Å². The van der Waals surface area contributed by atoms with E-state index in [0.717, 1.165) is 18.4 Å². The molecule has 1 heterocycles. The van der Waals surface area contributed by atoms with Gasteiger partial charge in [-0.25, -0.2) is 4.39 Å². The molecule has 1 spiro atoms. The first-order valence-electron chi connectivity index (χ1n) is 14.0. The number of hydrogen-bond acceptors (Lipinski definition) is 6. The molecule has 10 atom stereocenters. The first-order chi connectivity index (χ1) is 16.8. The number of aliphatic hydroxyl groups excluding tert-OH is 1. The van der Waals surface area contributed by atoms with Gasteiger partial charge in [-0.1, -0.05) is 53.0 Å². The first kappa shape index (κ1) is 26.5. The molecule has 36 heavy (non-hydrogen) atoms. The predicted octanol–water partition coefficient (Wildman–Crippen LogP) is 4.65. The van der Waals surface area contributed by atoms with Crippen LogP contribution in [0.15, 0.2) is 11.6 Å². The molecule has 1 saturated heterocycles. The van der Waals surface area contributed by atoms with Gasteiger partial charge in [0, 0.05) is 29.1 Å². The summed E-state index contributed by atoms with van der Waals surface area (Å²) in [6, 6.07) is 0. The van der Waals surface area contributed by atoms with Gasteiger partial charge in [0.1, 0.15) is 17.9 Å². The number of allylic oxidation sites excluding steroid dienone is 1. The summed E-state index contributed by atoms with van der Waals surface area (Å²) in [6.45, 7) is 9.50. The minimum Gasteiger partial charge on any atom is -0.390 e. The van der Waals surface area contributed by atoms with Crippen molar-refractivity contribution in [2.45, 2.75) is 116 Å². The highest BCUT2D eigenvalue weighted by atomic mass is 19.1. The lowest BCUT2D eigenvalue weighted by Crippen LogP contribution is -2.72. The number of ether oxygens (including phenoxy) is 2. The fraction of sp³-hybridized carbons (Fsp3) is 0.862. The van der Waals surface area contributed by atoms with Crippen molar-refractivity contribution in [3.05, 3.63) is 11.6 Å². The van der Waals surface area contributed by atoms with Crippen molar-refractivity contribution in [1.82, 2.24) is 0 Å². The molecule has 4 fully saturated rings. The molecule has 0 aromatic rings. The number of ketones is 2. The number of rotatable bonds is 4. The average molecular weight is 507 g/mol. The molecule has 5 aliphatic rings. The predicted molar refractivity (Wildman–Crippen MR) is 131 cm³/mol. The minimum absolute atomic E-state index is 0.0331. The summed E-state index contributed by atoms with van der Waals surface area (Å²) in [7, 11) is 0. The molecule has 0 amide bonds. The third kappa shape index (κ3) is 3.15. The normalized spacial score (nSPS) is 51.4. The zero-order valence-electron chi connectivity index (χ0n) is 22.4. The van der Waals surface area contributed by atoms with Gasteiger partial charge in [-0.15, -0.1) is 0 Å². The molecule has 2 N–H and O–H groups in total. The van der Waals surface area contributed by atoms with Crippen molar-refractivity contribution in [1.29, 1.82) is 0 Å². The third-order valence-corrected chi connectivity index (χ3v) is 11.3. The molecular weight excluding hydrogens is 463 g/mol. The maximum atomic E-state index is 17.5. The smallest absolute Gasteiger partial charge is 0.284 e. The van der Waals surface area contributed by atoms with E-state index in [1.165, 1.54) is 0 Å². The van der Waals surface area contributed by atoms with Crippen LogP contribution in [0.4, 0.5) is 4.39 Å². The van der Waals surface area contributed by atoms with Crippen LogP contribution in [0.1, 0.15) is 92.4 Å². The second-order valence-electron chi connectivity index (χ2n) is 13.0. The van der Waals surface area contributed by atoms with Crippen LogP contribution < -0.4 is 0 Å². The van der Waals surface area contributed by atoms with E-state index in [1.54, 1.807) is 6.08 Å². The molecule has 2 unspecified atom stereocenters. The summed E-state index contributed by atoms with van der Waals surface area (Å²) in [6.07, 6.45) is 5.33.